The van der Waals surface area contributed by atoms with Crippen LogP contribution in [0.4, 0.5) is 0 Å². The molecule has 2 rings (SSSR count). The van der Waals surface area contributed by atoms with Crippen molar-refractivity contribution in [1.29, 1.82) is 0 Å². The molecule has 1 aliphatic heterocycles. The van der Waals surface area contributed by atoms with Crippen LogP contribution in [0.1, 0.15) is 31.4 Å². The van der Waals surface area contributed by atoms with E-state index >= 15 is 0 Å². The Kier molecular flexibility index (Phi) is 5.82. The van der Waals surface area contributed by atoms with E-state index in [0.29, 0.717) is 6.54 Å². The van der Waals surface area contributed by atoms with Crippen molar-refractivity contribution in [3.63, 3.8) is 0 Å². The minimum Gasteiger partial charge on any atom is -0.390 e. The highest BCUT2D eigenvalue weighted by Gasteiger charge is 2.16. The highest BCUT2D eigenvalue weighted by Crippen LogP contribution is 2.17. The number of nitrogens with zero attached hydrogens (tertiary/aromatic N) is 1. The number of β-amino-alcohol motifs (C(OH)–C–C–N with tert-alkyl or cyclic N) is 1. The summed E-state index contributed by atoms with van der Waals surface area (Å²) in [4.78, 5) is 2.34. The van der Waals surface area contributed by atoms with Crippen LogP contribution in [-0.2, 0) is 0 Å². The van der Waals surface area contributed by atoms with Gasteiger partial charge in [0.2, 0.25) is 0 Å². The van der Waals surface area contributed by atoms with Gasteiger partial charge in [-0.25, -0.2) is 0 Å². The van der Waals surface area contributed by atoms with Gasteiger partial charge >= 0.3 is 0 Å². The molecule has 0 spiro atoms. The van der Waals surface area contributed by atoms with Crippen LogP contribution in [0, 0.1) is 0 Å². The van der Waals surface area contributed by atoms with E-state index < -0.39 is 0 Å². The summed E-state index contributed by atoms with van der Waals surface area (Å²) in [5.41, 5.74) is 1.24. The predicted molar refractivity (Wildman–Crippen MR) is 82.2 cm³/mol. The number of hydrogen-bond acceptors (Lipinski definition) is 3. The first-order valence-corrected chi connectivity index (χ1v) is 7.83. The van der Waals surface area contributed by atoms with E-state index in [-0.39, 0.29) is 12.1 Å². The van der Waals surface area contributed by atoms with Crippen molar-refractivity contribution in [3.05, 3.63) is 34.3 Å². The quantitative estimate of drug-likeness (QED) is 0.843. The van der Waals surface area contributed by atoms with Crippen LogP contribution in [0.2, 0.25) is 0 Å². The molecule has 1 saturated heterocycles. The monoisotopic (exact) mass is 326 g/mol. The SMILES string of the molecule is CC(NCC(O)CN1CCCC1)c1cccc(Br)c1. The summed E-state index contributed by atoms with van der Waals surface area (Å²) >= 11 is 3.49. The molecule has 0 bridgehead atoms. The number of rotatable bonds is 6. The topological polar surface area (TPSA) is 35.5 Å². The average molecular weight is 327 g/mol. The molecule has 2 N–H and O–H groups in total. The van der Waals surface area contributed by atoms with Crippen LogP contribution in [0.5, 0.6) is 0 Å². The molecule has 4 heteroatoms. The van der Waals surface area contributed by atoms with E-state index in [0.717, 1.165) is 24.1 Å². The van der Waals surface area contributed by atoms with Crippen LogP contribution in [0.25, 0.3) is 0 Å². The number of halogens is 1. The van der Waals surface area contributed by atoms with E-state index in [1.807, 2.05) is 12.1 Å². The maximum absolute atomic E-state index is 10.0. The van der Waals surface area contributed by atoms with Gasteiger partial charge in [0.15, 0.2) is 0 Å². The first-order valence-electron chi connectivity index (χ1n) is 7.04. The minimum absolute atomic E-state index is 0.255. The molecule has 0 amide bonds. The van der Waals surface area contributed by atoms with Crippen molar-refractivity contribution >= 4 is 15.9 Å². The molecule has 1 heterocycles. The van der Waals surface area contributed by atoms with Gasteiger partial charge in [-0.1, -0.05) is 28.1 Å². The zero-order valence-electron chi connectivity index (χ0n) is 11.5. The third-order valence-corrected chi connectivity index (χ3v) is 4.17. The number of likely N-dealkylation sites (tertiary alicyclic amines) is 1. The molecule has 0 radical (unpaired) electrons. The Morgan fingerprint density at radius 2 is 2.11 bits per heavy atom. The van der Waals surface area contributed by atoms with Crippen molar-refractivity contribution in [2.45, 2.75) is 31.9 Å². The van der Waals surface area contributed by atoms with E-state index in [1.165, 1.54) is 18.4 Å². The van der Waals surface area contributed by atoms with Gasteiger partial charge in [0.05, 0.1) is 6.10 Å². The summed E-state index contributed by atoms with van der Waals surface area (Å²) in [5.74, 6) is 0. The van der Waals surface area contributed by atoms with Crippen molar-refractivity contribution < 1.29 is 5.11 Å². The van der Waals surface area contributed by atoms with E-state index in [2.05, 4.69) is 45.2 Å². The highest BCUT2D eigenvalue weighted by atomic mass is 79.9. The molecule has 0 saturated carbocycles. The highest BCUT2D eigenvalue weighted by molar-refractivity contribution is 9.10. The summed E-state index contributed by atoms with van der Waals surface area (Å²) < 4.78 is 1.09. The Morgan fingerprint density at radius 1 is 1.37 bits per heavy atom. The lowest BCUT2D eigenvalue weighted by atomic mass is 10.1. The third kappa shape index (κ3) is 4.88. The first-order chi connectivity index (χ1) is 9.15. The zero-order valence-corrected chi connectivity index (χ0v) is 13.1. The molecule has 0 aromatic heterocycles. The zero-order chi connectivity index (χ0) is 13.7. The molecule has 1 aromatic rings. The van der Waals surface area contributed by atoms with Gasteiger partial charge in [-0.15, -0.1) is 0 Å². The Labute approximate surface area is 124 Å². The van der Waals surface area contributed by atoms with Gasteiger partial charge in [0, 0.05) is 23.6 Å². The number of hydrogen-bond donors (Lipinski definition) is 2. The number of aliphatic hydroxyl groups is 1. The van der Waals surface area contributed by atoms with Gasteiger partial charge in [-0.05, 0) is 50.6 Å². The van der Waals surface area contributed by atoms with Crippen molar-refractivity contribution in [2.75, 3.05) is 26.2 Å². The summed E-state index contributed by atoms with van der Waals surface area (Å²) in [6.45, 7) is 5.84. The van der Waals surface area contributed by atoms with Crippen molar-refractivity contribution in [2.24, 2.45) is 0 Å². The van der Waals surface area contributed by atoms with E-state index in [4.69, 9.17) is 0 Å². The lowest BCUT2D eigenvalue weighted by Crippen LogP contribution is -2.37. The molecule has 19 heavy (non-hydrogen) atoms. The van der Waals surface area contributed by atoms with E-state index in [1.54, 1.807) is 0 Å². The Balaban J connectivity index is 1.74. The molecule has 1 fully saturated rings. The first kappa shape index (κ1) is 15.0. The normalized spacial score (nSPS) is 19.5. The van der Waals surface area contributed by atoms with Crippen LogP contribution >= 0.6 is 15.9 Å². The fourth-order valence-electron chi connectivity index (χ4n) is 2.53. The molecular weight excluding hydrogens is 304 g/mol. The standard InChI is InChI=1S/C15H23BrN2O/c1-12(13-5-4-6-14(16)9-13)17-10-15(19)11-18-7-2-3-8-18/h4-6,9,12,15,17,19H,2-3,7-8,10-11H2,1H3. The number of benzene rings is 1. The average Bonchev–Trinajstić information content (AvgIpc) is 2.88. The summed E-state index contributed by atoms with van der Waals surface area (Å²) in [7, 11) is 0. The predicted octanol–water partition coefficient (Wildman–Crippen LogP) is 2.56. The van der Waals surface area contributed by atoms with Gasteiger partial charge in [-0.2, -0.15) is 0 Å². The molecule has 0 aliphatic carbocycles. The molecule has 2 atom stereocenters. The Morgan fingerprint density at radius 3 is 2.79 bits per heavy atom. The molecule has 106 valence electrons. The Hall–Kier alpha value is -0.420. The van der Waals surface area contributed by atoms with Crippen LogP contribution in [0.15, 0.2) is 28.7 Å². The second kappa shape index (κ2) is 7.39. The lowest BCUT2D eigenvalue weighted by Gasteiger charge is -2.22. The summed E-state index contributed by atoms with van der Waals surface area (Å²) in [5, 5.41) is 13.4. The van der Waals surface area contributed by atoms with Gasteiger partial charge in [0.1, 0.15) is 0 Å². The maximum atomic E-state index is 10.0. The van der Waals surface area contributed by atoms with Crippen molar-refractivity contribution in [3.8, 4) is 0 Å². The molecule has 1 aromatic carbocycles. The van der Waals surface area contributed by atoms with Gasteiger partial charge in [0.25, 0.3) is 0 Å². The number of nitrogens with one attached hydrogen (secondary N) is 1. The second-order valence-corrected chi connectivity index (χ2v) is 6.26. The molecule has 2 unspecified atom stereocenters. The van der Waals surface area contributed by atoms with Crippen molar-refractivity contribution in [1.82, 2.24) is 10.2 Å². The minimum atomic E-state index is -0.285. The fourth-order valence-corrected chi connectivity index (χ4v) is 2.95. The van der Waals surface area contributed by atoms with E-state index in [9.17, 15) is 5.11 Å². The smallest absolute Gasteiger partial charge is 0.0791 e. The lowest BCUT2D eigenvalue weighted by molar-refractivity contribution is 0.121. The third-order valence-electron chi connectivity index (χ3n) is 3.68. The van der Waals surface area contributed by atoms with Gasteiger partial charge < -0.3 is 15.3 Å². The largest absolute Gasteiger partial charge is 0.390 e. The summed E-state index contributed by atoms with van der Waals surface area (Å²) in [6, 6.07) is 8.54. The number of aliphatic hydroxyl groups excluding tert-OH is 1. The summed E-state index contributed by atoms with van der Waals surface area (Å²) in [6.07, 6.45) is 2.26. The second-order valence-electron chi connectivity index (χ2n) is 5.35. The van der Waals surface area contributed by atoms with Crippen LogP contribution in [0.3, 0.4) is 0 Å². The fraction of sp³-hybridized carbons (Fsp3) is 0.600. The Bertz CT molecular complexity index is 393. The molecule has 1 aliphatic rings. The van der Waals surface area contributed by atoms with Crippen LogP contribution in [-0.4, -0.2) is 42.3 Å². The van der Waals surface area contributed by atoms with Gasteiger partial charge in [-0.3, -0.25) is 0 Å². The molecule has 3 nitrogen and oxygen atoms in total. The molecular formula is C15H23BrN2O. The maximum Gasteiger partial charge on any atom is 0.0791 e. The van der Waals surface area contributed by atoms with Crippen LogP contribution < -0.4 is 5.32 Å².